The quantitative estimate of drug-likeness (QED) is 0.373. The van der Waals surface area contributed by atoms with Crippen LogP contribution in [0.5, 0.6) is 28.7 Å². The Hall–Kier alpha value is -4.13. The summed E-state index contributed by atoms with van der Waals surface area (Å²) in [5.41, 5.74) is 2.03. The molecule has 158 valence electrons. The van der Waals surface area contributed by atoms with Gasteiger partial charge in [-0.1, -0.05) is 18.2 Å². The first-order valence-electron chi connectivity index (χ1n) is 9.47. The van der Waals surface area contributed by atoms with Gasteiger partial charge in [-0.15, -0.1) is 0 Å². The van der Waals surface area contributed by atoms with E-state index in [0.29, 0.717) is 22.3 Å². The zero-order valence-electron chi connectivity index (χ0n) is 16.5. The number of methoxy groups -OCH3 is 1. The normalized spacial score (nSPS) is 19.4. The maximum absolute atomic E-state index is 12.9. The van der Waals surface area contributed by atoms with Gasteiger partial charge in [0.25, 0.3) is 0 Å². The van der Waals surface area contributed by atoms with Crippen molar-refractivity contribution in [2.45, 2.75) is 12.0 Å². The van der Waals surface area contributed by atoms with E-state index < -0.39 is 18.0 Å². The van der Waals surface area contributed by atoms with Crippen molar-refractivity contribution in [1.29, 1.82) is 0 Å². The van der Waals surface area contributed by atoms with Gasteiger partial charge in [-0.25, -0.2) is 4.79 Å². The van der Waals surface area contributed by atoms with E-state index in [9.17, 15) is 25.2 Å². The number of carbonyl (C=O) groups excluding carboxylic acids is 1. The summed E-state index contributed by atoms with van der Waals surface area (Å²) < 4.78 is 10.8. The minimum absolute atomic E-state index is 0.0323. The largest absolute Gasteiger partial charge is 0.508 e. The summed E-state index contributed by atoms with van der Waals surface area (Å²) in [5, 5.41) is 39.5. The number of ether oxygens (including phenoxy) is 2. The molecule has 1 saturated heterocycles. The number of aromatic hydroxyl groups is 4. The monoisotopic (exact) mass is 420 g/mol. The molecule has 0 bridgehead atoms. The maximum atomic E-state index is 12.9. The Morgan fingerprint density at radius 3 is 2.16 bits per heavy atom. The summed E-state index contributed by atoms with van der Waals surface area (Å²) in [5.74, 6) is -1.20. The summed E-state index contributed by atoms with van der Waals surface area (Å²) in [7, 11) is 1.43. The number of esters is 1. The summed E-state index contributed by atoms with van der Waals surface area (Å²) in [4.78, 5) is 12.9. The van der Waals surface area contributed by atoms with Crippen molar-refractivity contribution >= 4 is 12.0 Å². The molecule has 31 heavy (non-hydrogen) atoms. The van der Waals surface area contributed by atoms with Gasteiger partial charge < -0.3 is 29.9 Å². The molecule has 7 nitrogen and oxygen atoms in total. The molecule has 3 aromatic rings. The second-order valence-electron chi connectivity index (χ2n) is 7.21. The zero-order chi connectivity index (χ0) is 22.1. The van der Waals surface area contributed by atoms with E-state index in [4.69, 9.17) is 9.47 Å². The van der Waals surface area contributed by atoms with Gasteiger partial charge in [0.2, 0.25) is 0 Å². The van der Waals surface area contributed by atoms with E-state index in [1.165, 1.54) is 43.5 Å². The lowest BCUT2D eigenvalue weighted by atomic mass is 9.84. The fourth-order valence-electron chi connectivity index (χ4n) is 3.73. The zero-order valence-corrected chi connectivity index (χ0v) is 16.5. The first-order valence-corrected chi connectivity index (χ1v) is 9.47. The molecular weight excluding hydrogens is 400 g/mol. The third kappa shape index (κ3) is 3.98. The molecule has 4 N–H and O–H groups in total. The summed E-state index contributed by atoms with van der Waals surface area (Å²) in [6.07, 6.45) is 0.885. The summed E-state index contributed by atoms with van der Waals surface area (Å²) in [6.45, 7) is 0. The van der Waals surface area contributed by atoms with E-state index >= 15 is 0 Å². The van der Waals surface area contributed by atoms with Gasteiger partial charge >= 0.3 is 5.97 Å². The van der Waals surface area contributed by atoms with Crippen molar-refractivity contribution in [2.75, 3.05) is 7.11 Å². The fourth-order valence-corrected chi connectivity index (χ4v) is 3.73. The number of benzene rings is 3. The molecule has 0 aliphatic carbocycles. The molecule has 0 spiro atoms. The molecule has 0 aromatic heterocycles. The van der Waals surface area contributed by atoms with E-state index in [1.807, 2.05) is 0 Å². The number of rotatable bonds is 4. The average Bonchev–Trinajstić information content (AvgIpc) is 3.05. The fraction of sp³-hybridized carbons (Fsp3) is 0.125. The molecule has 2 atom stereocenters. The maximum Gasteiger partial charge on any atom is 0.335 e. The summed E-state index contributed by atoms with van der Waals surface area (Å²) >= 11 is 0. The molecule has 0 saturated carbocycles. The molecule has 1 fully saturated rings. The van der Waals surface area contributed by atoms with Gasteiger partial charge in [0.1, 0.15) is 23.4 Å². The number of phenolic OH excluding ortho intramolecular Hbond substituents is 4. The van der Waals surface area contributed by atoms with Crippen molar-refractivity contribution in [1.82, 2.24) is 0 Å². The number of hydrogen-bond acceptors (Lipinski definition) is 7. The van der Waals surface area contributed by atoms with Gasteiger partial charge in [-0.3, -0.25) is 0 Å². The Kier molecular flexibility index (Phi) is 5.17. The second kappa shape index (κ2) is 7.95. The number of cyclic esters (lactones) is 1. The van der Waals surface area contributed by atoms with Crippen molar-refractivity contribution in [2.24, 2.45) is 0 Å². The van der Waals surface area contributed by atoms with Crippen molar-refractivity contribution in [3.8, 4) is 28.7 Å². The van der Waals surface area contributed by atoms with Gasteiger partial charge in [-0.2, -0.15) is 0 Å². The molecule has 7 heteroatoms. The predicted octanol–water partition coefficient (Wildman–Crippen LogP) is 3.98. The Balaban J connectivity index is 1.86. The standard InChI is InChI=1S/C24H20O7/c1-30-21-9-13(2-7-20(21)28)8-19-22(15-10-17(26)12-18(27)11-15)23(31-24(19)29)14-3-5-16(25)6-4-14/h2-12,22-23,25-28H,1H3/b19-8+. The number of hydrogen-bond donors (Lipinski definition) is 4. The molecule has 0 amide bonds. The highest BCUT2D eigenvalue weighted by Gasteiger charge is 2.42. The van der Waals surface area contributed by atoms with Gasteiger partial charge in [-0.05, 0) is 59.2 Å². The Morgan fingerprint density at radius 2 is 1.52 bits per heavy atom. The van der Waals surface area contributed by atoms with Gasteiger partial charge in [0.05, 0.1) is 13.0 Å². The smallest absolute Gasteiger partial charge is 0.335 e. The Labute approximate surface area is 178 Å². The minimum Gasteiger partial charge on any atom is -0.508 e. The van der Waals surface area contributed by atoms with Crippen LogP contribution in [0.25, 0.3) is 6.08 Å². The molecule has 0 radical (unpaired) electrons. The van der Waals surface area contributed by atoms with Crippen LogP contribution in [0, 0.1) is 0 Å². The summed E-state index contributed by atoms with van der Waals surface area (Å²) in [6, 6.07) is 15.1. The minimum atomic E-state index is -0.737. The van der Waals surface area contributed by atoms with Gasteiger partial charge in [0.15, 0.2) is 11.5 Å². The first-order chi connectivity index (χ1) is 14.9. The first kappa shape index (κ1) is 20.2. The van der Waals surface area contributed by atoms with Crippen molar-refractivity contribution in [3.63, 3.8) is 0 Å². The van der Waals surface area contributed by atoms with Crippen LogP contribution in [0.4, 0.5) is 0 Å². The third-order valence-electron chi connectivity index (χ3n) is 5.14. The molecule has 1 aliphatic rings. The van der Waals surface area contributed by atoms with Crippen LogP contribution in [0.15, 0.2) is 66.2 Å². The van der Waals surface area contributed by atoms with Crippen LogP contribution in [-0.4, -0.2) is 33.5 Å². The predicted molar refractivity (Wildman–Crippen MR) is 112 cm³/mol. The third-order valence-corrected chi connectivity index (χ3v) is 5.14. The lowest BCUT2D eigenvalue weighted by Crippen LogP contribution is -2.07. The molecular formula is C24H20O7. The van der Waals surface area contributed by atoms with Crippen LogP contribution >= 0.6 is 0 Å². The Morgan fingerprint density at radius 1 is 0.839 bits per heavy atom. The lowest BCUT2D eigenvalue weighted by molar-refractivity contribution is -0.139. The lowest BCUT2D eigenvalue weighted by Gasteiger charge is -2.19. The highest BCUT2D eigenvalue weighted by molar-refractivity contribution is 5.98. The Bertz CT molecular complexity index is 1140. The molecule has 3 aromatic carbocycles. The van der Waals surface area contributed by atoms with Crippen LogP contribution in [0.3, 0.4) is 0 Å². The molecule has 1 heterocycles. The van der Waals surface area contributed by atoms with E-state index in [2.05, 4.69) is 0 Å². The SMILES string of the molecule is COc1cc(/C=C2/C(=O)OC(c3ccc(O)cc3)C2c2cc(O)cc(O)c2)ccc1O. The van der Waals surface area contributed by atoms with E-state index in [-0.39, 0.29) is 28.7 Å². The molecule has 2 unspecified atom stereocenters. The second-order valence-corrected chi connectivity index (χ2v) is 7.21. The molecule has 4 rings (SSSR count). The highest BCUT2D eigenvalue weighted by Crippen LogP contribution is 2.48. The van der Waals surface area contributed by atoms with Crippen molar-refractivity contribution < 1.29 is 34.7 Å². The average molecular weight is 420 g/mol. The molecule has 1 aliphatic heterocycles. The van der Waals surface area contributed by atoms with Gasteiger partial charge in [0, 0.05) is 11.6 Å². The highest BCUT2D eigenvalue weighted by atomic mass is 16.6. The number of phenols is 4. The van der Waals surface area contributed by atoms with Crippen LogP contribution in [0.2, 0.25) is 0 Å². The van der Waals surface area contributed by atoms with Crippen molar-refractivity contribution in [3.05, 3.63) is 82.9 Å². The van der Waals surface area contributed by atoms with Crippen LogP contribution in [0.1, 0.15) is 28.7 Å². The van der Waals surface area contributed by atoms with E-state index in [1.54, 1.807) is 30.3 Å². The topological polar surface area (TPSA) is 116 Å². The van der Waals surface area contributed by atoms with Crippen LogP contribution < -0.4 is 4.74 Å². The van der Waals surface area contributed by atoms with Crippen LogP contribution in [-0.2, 0) is 9.53 Å². The van der Waals surface area contributed by atoms with E-state index in [0.717, 1.165) is 0 Å². The number of carbonyl (C=O) groups is 1.